The van der Waals surface area contributed by atoms with E-state index in [-0.39, 0.29) is 16.7 Å². The summed E-state index contributed by atoms with van der Waals surface area (Å²) in [5.74, 6) is -7.35. The first-order chi connectivity index (χ1) is 10.7. The Morgan fingerprint density at radius 1 is 1.35 bits per heavy atom. The van der Waals surface area contributed by atoms with E-state index in [1.165, 1.54) is 13.8 Å². The van der Waals surface area contributed by atoms with Crippen LogP contribution in [0.15, 0.2) is 11.6 Å². The van der Waals surface area contributed by atoms with Gasteiger partial charge in [0.05, 0.1) is 0 Å². The lowest BCUT2D eigenvalue weighted by atomic mass is 9.79. The molecule has 23 heavy (non-hydrogen) atoms. The summed E-state index contributed by atoms with van der Waals surface area (Å²) in [5, 5.41) is 20.7. The molecule has 1 amide bonds. The fourth-order valence-electron chi connectivity index (χ4n) is 2.50. The number of aliphatic hydroxyl groups excluding tert-OH is 1. The van der Waals surface area contributed by atoms with E-state index < -0.39 is 53.1 Å². The average molecular weight is 325 g/mol. The van der Waals surface area contributed by atoms with Gasteiger partial charge in [-0.2, -0.15) is 0 Å². The van der Waals surface area contributed by atoms with Crippen molar-refractivity contribution in [2.45, 2.75) is 19.8 Å². The number of hydrogen-bond acceptors (Lipinski definition) is 4. The first-order valence-electron chi connectivity index (χ1n) is 6.63. The molecule has 0 heterocycles. The fraction of sp³-hybridized carbons (Fsp3) is 0.267. The van der Waals surface area contributed by atoms with Crippen LogP contribution in [0.25, 0.3) is 5.76 Å². The van der Waals surface area contributed by atoms with Crippen molar-refractivity contribution in [1.29, 1.82) is 0 Å². The third kappa shape index (κ3) is 2.67. The van der Waals surface area contributed by atoms with Crippen LogP contribution in [0.4, 0.5) is 8.78 Å². The largest absolute Gasteiger partial charge is 0.506 e. The molecule has 0 fully saturated rings. The van der Waals surface area contributed by atoms with Crippen LogP contribution in [-0.4, -0.2) is 34.4 Å². The Kier molecular flexibility index (Phi) is 4.18. The topological polar surface area (TPSA) is 104 Å². The Morgan fingerprint density at radius 3 is 2.52 bits per heavy atom. The van der Waals surface area contributed by atoms with Crippen molar-refractivity contribution in [3.8, 4) is 0 Å². The number of aliphatic carboxylic acids is 1. The van der Waals surface area contributed by atoms with Crippen molar-refractivity contribution in [2.75, 3.05) is 6.54 Å². The second kappa shape index (κ2) is 5.79. The number of hydrogen-bond donors (Lipinski definition) is 3. The predicted molar refractivity (Wildman–Crippen MR) is 74.7 cm³/mol. The van der Waals surface area contributed by atoms with Crippen molar-refractivity contribution < 1.29 is 33.4 Å². The summed E-state index contributed by atoms with van der Waals surface area (Å²) in [6.45, 7) is 1.85. The van der Waals surface area contributed by atoms with E-state index >= 15 is 0 Å². The van der Waals surface area contributed by atoms with Crippen molar-refractivity contribution in [3.63, 3.8) is 0 Å². The van der Waals surface area contributed by atoms with Crippen LogP contribution in [0.2, 0.25) is 0 Å². The van der Waals surface area contributed by atoms with Gasteiger partial charge in [-0.15, -0.1) is 0 Å². The standard InChI is InChI=1S/C15H13F2NO5/c1-5-7-3-8(16)12(17)6(2)10(7)14(22)11(13(5)21)15(23)18-4-9(19)20/h3,5,22H,4H2,1-2H3,(H,18,23)(H,19,20). The Labute approximate surface area is 129 Å². The predicted octanol–water partition coefficient (Wildman–Crippen LogP) is 1.43. The third-order valence-corrected chi connectivity index (χ3v) is 3.69. The van der Waals surface area contributed by atoms with Crippen molar-refractivity contribution in [1.82, 2.24) is 5.32 Å². The molecule has 2 rings (SSSR count). The van der Waals surface area contributed by atoms with Crippen LogP contribution in [0.1, 0.15) is 29.5 Å². The number of fused-ring (bicyclic) bond motifs is 1. The molecule has 3 N–H and O–H groups in total. The molecule has 1 atom stereocenters. The van der Waals surface area contributed by atoms with Gasteiger partial charge in [0.15, 0.2) is 17.4 Å². The molecule has 0 aromatic heterocycles. The van der Waals surface area contributed by atoms with E-state index in [1.807, 2.05) is 5.32 Å². The van der Waals surface area contributed by atoms with Crippen LogP contribution in [0.3, 0.4) is 0 Å². The van der Waals surface area contributed by atoms with Gasteiger partial charge in [0.2, 0.25) is 0 Å². The van der Waals surface area contributed by atoms with Gasteiger partial charge in [-0.05, 0) is 24.1 Å². The monoisotopic (exact) mass is 325 g/mol. The van der Waals surface area contributed by atoms with E-state index in [0.717, 1.165) is 6.07 Å². The van der Waals surface area contributed by atoms with E-state index in [0.29, 0.717) is 0 Å². The third-order valence-electron chi connectivity index (χ3n) is 3.69. The second-order valence-electron chi connectivity index (χ2n) is 5.15. The van der Waals surface area contributed by atoms with Gasteiger partial charge < -0.3 is 15.5 Å². The van der Waals surface area contributed by atoms with Crippen LogP contribution in [0.5, 0.6) is 0 Å². The lowest BCUT2D eigenvalue weighted by Crippen LogP contribution is -2.36. The van der Waals surface area contributed by atoms with Gasteiger partial charge in [-0.1, -0.05) is 6.92 Å². The minimum atomic E-state index is -1.33. The Hall–Kier alpha value is -2.77. The van der Waals surface area contributed by atoms with E-state index in [2.05, 4.69) is 0 Å². The number of carbonyl (C=O) groups excluding carboxylic acids is 2. The zero-order valence-electron chi connectivity index (χ0n) is 12.2. The van der Waals surface area contributed by atoms with Crippen LogP contribution < -0.4 is 5.32 Å². The number of benzene rings is 1. The summed E-state index contributed by atoms with van der Waals surface area (Å²) in [6, 6.07) is 0.808. The molecule has 1 aromatic rings. The van der Waals surface area contributed by atoms with Gasteiger partial charge in [-0.25, -0.2) is 8.78 Å². The molecule has 8 heteroatoms. The highest BCUT2D eigenvalue weighted by Gasteiger charge is 2.37. The van der Waals surface area contributed by atoms with E-state index in [1.54, 1.807) is 0 Å². The SMILES string of the molecule is Cc1c(F)c(F)cc2c1C(O)=C(C(=O)NCC(=O)O)C(=O)C2C. The van der Waals surface area contributed by atoms with Gasteiger partial charge in [0.25, 0.3) is 5.91 Å². The molecule has 0 saturated heterocycles. The normalized spacial score (nSPS) is 17.0. The lowest BCUT2D eigenvalue weighted by Gasteiger charge is -2.25. The first-order valence-corrected chi connectivity index (χ1v) is 6.63. The molecule has 0 saturated carbocycles. The Morgan fingerprint density at radius 2 is 1.96 bits per heavy atom. The number of carboxylic acid groups (broad SMARTS) is 1. The summed E-state index contributed by atoms with van der Waals surface area (Å²) in [7, 11) is 0. The fourth-order valence-corrected chi connectivity index (χ4v) is 2.50. The number of nitrogens with one attached hydrogen (secondary N) is 1. The highest BCUT2D eigenvalue weighted by molar-refractivity contribution is 6.27. The van der Waals surface area contributed by atoms with Gasteiger partial charge in [0, 0.05) is 11.5 Å². The maximum Gasteiger partial charge on any atom is 0.322 e. The molecule has 6 nitrogen and oxygen atoms in total. The average Bonchev–Trinajstić information content (AvgIpc) is 2.48. The van der Waals surface area contributed by atoms with Crippen molar-refractivity contribution in [2.24, 2.45) is 0 Å². The van der Waals surface area contributed by atoms with Gasteiger partial charge >= 0.3 is 5.97 Å². The molecule has 0 radical (unpaired) electrons. The number of aliphatic hydroxyl groups is 1. The maximum atomic E-state index is 13.7. The van der Waals surface area contributed by atoms with Gasteiger partial charge in [0.1, 0.15) is 17.9 Å². The maximum absolute atomic E-state index is 13.7. The highest BCUT2D eigenvalue weighted by Crippen LogP contribution is 2.38. The summed E-state index contributed by atoms with van der Waals surface area (Å²) in [4.78, 5) is 34.7. The molecule has 1 aliphatic carbocycles. The van der Waals surface area contributed by atoms with E-state index in [9.17, 15) is 28.3 Å². The number of amides is 1. The Bertz CT molecular complexity index is 770. The second-order valence-corrected chi connectivity index (χ2v) is 5.15. The van der Waals surface area contributed by atoms with Crippen LogP contribution in [0, 0.1) is 18.6 Å². The molecule has 1 aromatic carbocycles. The van der Waals surface area contributed by atoms with Crippen molar-refractivity contribution in [3.05, 3.63) is 40.0 Å². The minimum Gasteiger partial charge on any atom is -0.506 e. The zero-order chi connectivity index (χ0) is 17.5. The quantitative estimate of drug-likeness (QED) is 0.729. The summed E-state index contributed by atoms with van der Waals surface area (Å²) in [6.07, 6.45) is 0. The summed E-state index contributed by atoms with van der Waals surface area (Å²) >= 11 is 0. The summed E-state index contributed by atoms with van der Waals surface area (Å²) < 4.78 is 27.3. The lowest BCUT2D eigenvalue weighted by molar-refractivity contribution is -0.137. The molecular formula is C15H13F2NO5. The summed E-state index contributed by atoms with van der Waals surface area (Å²) in [5.41, 5.74) is -0.962. The van der Waals surface area contributed by atoms with Crippen LogP contribution in [-0.2, 0) is 14.4 Å². The van der Waals surface area contributed by atoms with Crippen LogP contribution >= 0.6 is 0 Å². The number of carboxylic acids is 1. The molecule has 0 spiro atoms. The number of rotatable bonds is 3. The Balaban J connectivity index is 2.62. The number of halogens is 2. The number of Topliss-reactive ketones (excluding diaryl/α,β-unsaturated/α-hetero) is 1. The molecular weight excluding hydrogens is 312 g/mol. The first kappa shape index (κ1) is 16.6. The molecule has 0 aliphatic heterocycles. The zero-order valence-corrected chi connectivity index (χ0v) is 12.2. The minimum absolute atomic E-state index is 0.0682. The number of carbonyl (C=O) groups is 3. The van der Waals surface area contributed by atoms with E-state index in [4.69, 9.17) is 5.11 Å². The highest BCUT2D eigenvalue weighted by atomic mass is 19.2. The molecule has 0 bridgehead atoms. The number of ketones is 1. The van der Waals surface area contributed by atoms with Gasteiger partial charge in [-0.3, -0.25) is 14.4 Å². The smallest absolute Gasteiger partial charge is 0.322 e. The van der Waals surface area contributed by atoms with Crippen molar-refractivity contribution >= 4 is 23.4 Å². The molecule has 1 unspecified atom stereocenters. The molecule has 122 valence electrons. The molecule has 1 aliphatic rings.